The number of para-hydroxylation sites is 1. The zero-order valence-corrected chi connectivity index (χ0v) is 22.0. The summed E-state index contributed by atoms with van der Waals surface area (Å²) in [6.45, 7) is 1.96. The second kappa shape index (κ2) is 11.1. The van der Waals surface area contributed by atoms with Crippen molar-refractivity contribution in [1.29, 1.82) is 0 Å². The van der Waals surface area contributed by atoms with Gasteiger partial charge in [-0.25, -0.2) is 0 Å². The molecule has 0 aromatic heterocycles. The molecule has 0 radical (unpaired) electrons. The van der Waals surface area contributed by atoms with E-state index in [2.05, 4.69) is 5.32 Å². The number of fused-ring (bicyclic) bond motifs is 1. The first-order chi connectivity index (χ1) is 18.4. The van der Waals surface area contributed by atoms with Crippen LogP contribution >= 0.6 is 23.4 Å². The Hall–Kier alpha value is -4.07. The van der Waals surface area contributed by atoms with Crippen LogP contribution in [0.2, 0.25) is 5.02 Å². The van der Waals surface area contributed by atoms with Gasteiger partial charge in [0.1, 0.15) is 18.9 Å². The molecule has 190 valence electrons. The highest BCUT2D eigenvalue weighted by Crippen LogP contribution is 2.37. The van der Waals surface area contributed by atoms with Gasteiger partial charge in [-0.3, -0.25) is 19.3 Å². The lowest BCUT2D eigenvalue weighted by Gasteiger charge is -2.14. The van der Waals surface area contributed by atoms with E-state index in [9.17, 15) is 14.4 Å². The first-order valence-corrected chi connectivity index (χ1v) is 13.1. The second-order valence-electron chi connectivity index (χ2n) is 8.77. The molecular weight excluding hydrogens is 520 g/mol. The molecule has 1 heterocycles. The number of carbonyl (C=O) groups excluding carboxylic acids is 3. The van der Waals surface area contributed by atoms with Crippen molar-refractivity contribution in [2.24, 2.45) is 0 Å². The van der Waals surface area contributed by atoms with Crippen molar-refractivity contribution in [3.63, 3.8) is 0 Å². The maximum atomic E-state index is 13.2. The number of hydrogen-bond donors (Lipinski definition) is 1. The Bertz CT molecular complexity index is 1580. The number of hydrogen-bond acceptors (Lipinski definition) is 5. The summed E-state index contributed by atoms with van der Waals surface area (Å²) in [5.74, 6) is -0.465. The highest BCUT2D eigenvalue weighted by molar-refractivity contribution is 8.18. The minimum absolute atomic E-state index is 0.220. The molecule has 1 aliphatic rings. The van der Waals surface area contributed by atoms with Gasteiger partial charge < -0.3 is 10.1 Å². The fourth-order valence-corrected chi connectivity index (χ4v) is 5.06. The molecule has 0 atom stereocenters. The summed E-state index contributed by atoms with van der Waals surface area (Å²) in [6, 6.07) is 26.4. The minimum Gasteiger partial charge on any atom is -0.488 e. The van der Waals surface area contributed by atoms with Gasteiger partial charge in [0.05, 0.1) is 15.6 Å². The number of benzene rings is 4. The van der Waals surface area contributed by atoms with Gasteiger partial charge in [0, 0.05) is 5.56 Å². The van der Waals surface area contributed by atoms with Gasteiger partial charge >= 0.3 is 0 Å². The smallest absolute Gasteiger partial charge is 0.294 e. The van der Waals surface area contributed by atoms with Crippen LogP contribution in [0, 0.1) is 6.92 Å². The minimum atomic E-state index is -0.535. The van der Waals surface area contributed by atoms with Crippen LogP contribution in [0.5, 0.6) is 5.75 Å². The summed E-state index contributed by atoms with van der Waals surface area (Å²) < 4.78 is 6.17. The van der Waals surface area contributed by atoms with Crippen molar-refractivity contribution < 1.29 is 19.1 Å². The third-order valence-corrected chi connectivity index (χ3v) is 7.28. The molecule has 1 saturated heterocycles. The standard InChI is InChI=1S/C30H23ClN2O4S/c1-19-10-12-20(13-11-19)18-37-26-15-14-21-6-2-3-7-22(21)23(26)16-27-29(35)33(30(36)38-27)17-28(34)32-25-9-5-4-8-24(25)31/h2-16H,17-18H2,1H3,(H,32,34)/b27-16+. The fourth-order valence-electron chi connectivity index (χ4n) is 4.06. The lowest BCUT2D eigenvalue weighted by Crippen LogP contribution is -2.36. The monoisotopic (exact) mass is 542 g/mol. The number of carbonyl (C=O) groups is 3. The molecule has 0 unspecified atom stereocenters. The topological polar surface area (TPSA) is 75.7 Å². The van der Waals surface area contributed by atoms with Crippen LogP contribution in [-0.2, 0) is 16.2 Å². The number of ether oxygens (including phenoxy) is 1. The molecule has 3 amide bonds. The van der Waals surface area contributed by atoms with Gasteiger partial charge in [0.15, 0.2) is 0 Å². The number of nitrogens with one attached hydrogen (secondary N) is 1. The van der Waals surface area contributed by atoms with Crippen molar-refractivity contribution in [3.05, 3.63) is 112 Å². The van der Waals surface area contributed by atoms with E-state index >= 15 is 0 Å². The van der Waals surface area contributed by atoms with E-state index in [-0.39, 0.29) is 4.91 Å². The van der Waals surface area contributed by atoms with Crippen LogP contribution in [0.4, 0.5) is 10.5 Å². The van der Waals surface area contributed by atoms with E-state index in [1.165, 1.54) is 0 Å². The van der Waals surface area contributed by atoms with Crippen LogP contribution in [0.25, 0.3) is 16.8 Å². The number of anilines is 1. The first kappa shape index (κ1) is 25.6. The number of thioether (sulfide) groups is 1. The molecule has 5 rings (SSSR count). The van der Waals surface area contributed by atoms with E-state index in [1.807, 2.05) is 67.6 Å². The zero-order valence-electron chi connectivity index (χ0n) is 20.4. The maximum absolute atomic E-state index is 13.2. The van der Waals surface area contributed by atoms with Crippen molar-refractivity contribution in [2.45, 2.75) is 13.5 Å². The molecule has 0 bridgehead atoms. The molecule has 1 fully saturated rings. The molecule has 1 aliphatic heterocycles. The number of aryl methyl sites for hydroxylation is 1. The number of nitrogens with zero attached hydrogens (tertiary/aromatic N) is 1. The molecule has 4 aromatic rings. The number of halogens is 1. The van der Waals surface area contributed by atoms with E-state index in [0.717, 1.165) is 38.6 Å². The Morgan fingerprint density at radius 1 is 0.974 bits per heavy atom. The van der Waals surface area contributed by atoms with E-state index in [1.54, 1.807) is 30.3 Å². The van der Waals surface area contributed by atoms with E-state index < -0.39 is 23.6 Å². The van der Waals surface area contributed by atoms with Crippen LogP contribution in [0.1, 0.15) is 16.7 Å². The fraction of sp³-hybridized carbons (Fsp3) is 0.100. The second-order valence-corrected chi connectivity index (χ2v) is 10.2. The number of imide groups is 1. The molecular formula is C30H23ClN2O4S. The summed E-state index contributed by atoms with van der Waals surface area (Å²) >= 11 is 6.90. The average molecular weight is 543 g/mol. The molecule has 0 saturated carbocycles. The SMILES string of the molecule is Cc1ccc(COc2ccc3ccccc3c2/C=C2/SC(=O)N(CC(=O)Nc3ccccc3Cl)C2=O)cc1. The maximum Gasteiger partial charge on any atom is 0.294 e. The molecule has 38 heavy (non-hydrogen) atoms. The van der Waals surface area contributed by atoms with Crippen molar-refractivity contribution >= 4 is 63.0 Å². The van der Waals surface area contributed by atoms with Crippen molar-refractivity contribution in [1.82, 2.24) is 4.90 Å². The summed E-state index contributed by atoms with van der Waals surface area (Å²) in [7, 11) is 0. The molecule has 8 heteroatoms. The van der Waals surface area contributed by atoms with Crippen LogP contribution in [0.15, 0.2) is 89.8 Å². The van der Waals surface area contributed by atoms with E-state index in [4.69, 9.17) is 16.3 Å². The Balaban J connectivity index is 1.40. The number of rotatable bonds is 7. The Labute approximate surface area is 229 Å². The van der Waals surface area contributed by atoms with Gasteiger partial charge in [-0.1, -0.05) is 83.9 Å². The third-order valence-electron chi connectivity index (χ3n) is 6.04. The molecule has 0 aliphatic carbocycles. The summed E-state index contributed by atoms with van der Waals surface area (Å²) in [5, 5.41) is 4.35. The largest absolute Gasteiger partial charge is 0.488 e. The summed E-state index contributed by atoms with van der Waals surface area (Å²) in [5.41, 5.74) is 3.28. The van der Waals surface area contributed by atoms with Gasteiger partial charge in [0.25, 0.3) is 11.1 Å². The Kier molecular flexibility index (Phi) is 7.49. The van der Waals surface area contributed by atoms with E-state index in [0.29, 0.717) is 28.6 Å². The van der Waals surface area contributed by atoms with Gasteiger partial charge in [-0.05, 0) is 59.3 Å². The highest BCUT2D eigenvalue weighted by Gasteiger charge is 2.36. The highest BCUT2D eigenvalue weighted by atomic mass is 35.5. The number of amides is 3. The van der Waals surface area contributed by atoms with Gasteiger partial charge in [-0.15, -0.1) is 0 Å². The quantitative estimate of drug-likeness (QED) is 0.253. The molecule has 0 spiro atoms. The predicted octanol–water partition coefficient (Wildman–Crippen LogP) is 7.06. The summed E-state index contributed by atoms with van der Waals surface area (Å²) in [6.07, 6.45) is 1.67. The predicted molar refractivity (Wildman–Crippen MR) is 152 cm³/mol. The average Bonchev–Trinajstić information content (AvgIpc) is 3.17. The summed E-state index contributed by atoms with van der Waals surface area (Å²) in [4.78, 5) is 39.7. The zero-order chi connectivity index (χ0) is 26.6. The molecule has 4 aromatic carbocycles. The van der Waals surface area contributed by atoms with Crippen molar-refractivity contribution in [3.8, 4) is 5.75 Å². The van der Waals surface area contributed by atoms with Gasteiger partial charge in [-0.2, -0.15) is 0 Å². The third kappa shape index (κ3) is 5.59. The lowest BCUT2D eigenvalue weighted by atomic mass is 10.0. The normalized spacial score (nSPS) is 14.4. The Morgan fingerprint density at radius 2 is 1.71 bits per heavy atom. The van der Waals surface area contributed by atoms with Gasteiger partial charge in [0.2, 0.25) is 5.91 Å². The Morgan fingerprint density at radius 3 is 2.50 bits per heavy atom. The van der Waals surface area contributed by atoms with Crippen LogP contribution in [-0.4, -0.2) is 28.5 Å². The van der Waals surface area contributed by atoms with Crippen LogP contribution < -0.4 is 10.1 Å². The first-order valence-electron chi connectivity index (χ1n) is 11.9. The lowest BCUT2D eigenvalue weighted by molar-refractivity contribution is -0.127. The molecule has 6 nitrogen and oxygen atoms in total. The molecule has 1 N–H and O–H groups in total. The van der Waals surface area contributed by atoms with Crippen molar-refractivity contribution in [2.75, 3.05) is 11.9 Å². The van der Waals surface area contributed by atoms with Crippen LogP contribution in [0.3, 0.4) is 0 Å².